The van der Waals surface area contributed by atoms with Gasteiger partial charge < -0.3 is 0 Å². The molecule has 3 nitrogen and oxygen atoms in total. The Morgan fingerprint density at radius 3 is 2.86 bits per heavy atom. The highest BCUT2D eigenvalue weighted by molar-refractivity contribution is 14.1. The monoisotopic (exact) mass is 315 g/mol. The summed E-state index contributed by atoms with van der Waals surface area (Å²) in [5, 5.41) is 1.89. The van der Waals surface area contributed by atoms with Gasteiger partial charge in [-0.3, -0.25) is 0 Å². The van der Waals surface area contributed by atoms with E-state index in [4.69, 9.17) is 0 Å². The molecule has 0 atom stereocenters. The van der Waals surface area contributed by atoms with E-state index in [2.05, 4.69) is 37.5 Å². The number of hydrogen-bond acceptors (Lipinski definition) is 4. The molecule has 2 rings (SSSR count). The van der Waals surface area contributed by atoms with Crippen molar-refractivity contribution in [2.24, 2.45) is 0 Å². The van der Waals surface area contributed by atoms with Crippen LogP contribution < -0.4 is 0 Å². The van der Waals surface area contributed by atoms with Crippen molar-refractivity contribution < 1.29 is 0 Å². The van der Waals surface area contributed by atoms with Crippen molar-refractivity contribution in [3.05, 3.63) is 40.5 Å². The van der Waals surface area contributed by atoms with Crippen molar-refractivity contribution in [1.29, 1.82) is 0 Å². The molecule has 14 heavy (non-hydrogen) atoms. The van der Waals surface area contributed by atoms with Crippen molar-refractivity contribution >= 4 is 34.4 Å². The summed E-state index contributed by atoms with van der Waals surface area (Å²) < 4.78 is 1.04. The second-order valence-corrected chi connectivity index (χ2v) is 4.62. The Labute approximate surface area is 99.5 Å². The number of pyridine rings is 1. The van der Waals surface area contributed by atoms with Gasteiger partial charge in [0.1, 0.15) is 16.4 Å². The lowest BCUT2D eigenvalue weighted by atomic mass is 10.5. The van der Waals surface area contributed by atoms with Crippen LogP contribution in [0.5, 0.6) is 0 Å². The van der Waals surface area contributed by atoms with Gasteiger partial charge in [-0.1, -0.05) is 6.07 Å². The van der Waals surface area contributed by atoms with Gasteiger partial charge in [0.15, 0.2) is 0 Å². The second-order valence-electron chi connectivity index (χ2n) is 2.45. The van der Waals surface area contributed by atoms with Gasteiger partial charge in [0.05, 0.1) is 3.57 Å². The summed E-state index contributed by atoms with van der Waals surface area (Å²) in [7, 11) is 0. The van der Waals surface area contributed by atoms with E-state index in [9.17, 15) is 0 Å². The number of aromatic nitrogens is 3. The first-order valence-electron chi connectivity index (χ1n) is 3.90. The fourth-order valence-corrected chi connectivity index (χ4v) is 2.22. The van der Waals surface area contributed by atoms with Gasteiger partial charge in [0.2, 0.25) is 0 Å². The molecule has 2 heterocycles. The van der Waals surface area contributed by atoms with E-state index in [1.54, 1.807) is 30.5 Å². The summed E-state index contributed by atoms with van der Waals surface area (Å²) in [5.74, 6) is 0. The molecule has 0 aliphatic rings. The van der Waals surface area contributed by atoms with E-state index in [0.717, 1.165) is 13.6 Å². The third kappa shape index (κ3) is 2.42. The molecule has 0 radical (unpaired) electrons. The SMILES string of the molecule is Ic1cncnc1Sc1ccccn1. The molecule has 70 valence electrons. The summed E-state index contributed by atoms with van der Waals surface area (Å²) in [6.45, 7) is 0. The zero-order chi connectivity index (χ0) is 9.80. The lowest BCUT2D eigenvalue weighted by Crippen LogP contribution is -1.87. The standard InChI is InChI=1S/C9H6IN3S/c10-7-5-11-6-13-9(7)14-8-3-1-2-4-12-8/h1-6H. The second kappa shape index (κ2) is 4.70. The van der Waals surface area contributed by atoms with E-state index in [1.807, 2.05) is 18.2 Å². The van der Waals surface area contributed by atoms with Crippen LogP contribution in [0.2, 0.25) is 0 Å². The largest absolute Gasteiger partial charge is 0.250 e. The molecule has 0 saturated carbocycles. The summed E-state index contributed by atoms with van der Waals surface area (Å²) in [6.07, 6.45) is 5.11. The fourth-order valence-electron chi connectivity index (χ4n) is 0.883. The lowest BCUT2D eigenvalue weighted by Gasteiger charge is -2.00. The van der Waals surface area contributed by atoms with Gasteiger partial charge in [0.25, 0.3) is 0 Å². The van der Waals surface area contributed by atoms with E-state index < -0.39 is 0 Å². The molecule has 0 N–H and O–H groups in total. The maximum atomic E-state index is 4.21. The van der Waals surface area contributed by atoms with Crippen LogP contribution in [-0.2, 0) is 0 Å². The van der Waals surface area contributed by atoms with Crippen molar-refractivity contribution in [1.82, 2.24) is 15.0 Å². The Balaban J connectivity index is 2.24. The topological polar surface area (TPSA) is 38.7 Å². The quantitative estimate of drug-likeness (QED) is 0.631. The lowest BCUT2D eigenvalue weighted by molar-refractivity contribution is 1.01. The number of hydrogen-bond donors (Lipinski definition) is 0. The summed E-state index contributed by atoms with van der Waals surface area (Å²) in [5.41, 5.74) is 0. The molecular weight excluding hydrogens is 309 g/mol. The van der Waals surface area contributed by atoms with Crippen molar-refractivity contribution in [2.45, 2.75) is 10.1 Å². The van der Waals surface area contributed by atoms with Crippen molar-refractivity contribution in [3.8, 4) is 0 Å². The highest BCUT2D eigenvalue weighted by Gasteiger charge is 2.03. The zero-order valence-electron chi connectivity index (χ0n) is 7.09. The van der Waals surface area contributed by atoms with Crippen LogP contribution in [0.15, 0.2) is 47.0 Å². The molecule has 5 heteroatoms. The smallest absolute Gasteiger partial charge is 0.119 e. The van der Waals surface area contributed by atoms with Crippen molar-refractivity contribution in [2.75, 3.05) is 0 Å². The van der Waals surface area contributed by atoms with Crippen LogP contribution in [0.25, 0.3) is 0 Å². The average Bonchev–Trinajstić information content (AvgIpc) is 2.23. The Kier molecular flexibility index (Phi) is 3.30. The van der Waals surface area contributed by atoms with Crippen LogP contribution in [0.1, 0.15) is 0 Å². The molecule has 0 aliphatic heterocycles. The summed E-state index contributed by atoms with van der Waals surface area (Å²) in [4.78, 5) is 12.3. The Morgan fingerprint density at radius 1 is 1.21 bits per heavy atom. The Hall–Kier alpha value is -0.690. The average molecular weight is 315 g/mol. The van der Waals surface area contributed by atoms with Crippen LogP contribution in [0.4, 0.5) is 0 Å². The maximum Gasteiger partial charge on any atom is 0.119 e. The highest BCUT2D eigenvalue weighted by Crippen LogP contribution is 2.26. The number of rotatable bonds is 2. The van der Waals surface area contributed by atoms with Gasteiger partial charge in [-0.25, -0.2) is 15.0 Å². The van der Waals surface area contributed by atoms with Crippen LogP contribution in [0, 0.1) is 3.57 Å². The van der Waals surface area contributed by atoms with Gasteiger partial charge in [-0.15, -0.1) is 0 Å². The summed E-state index contributed by atoms with van der Waals surface area (Å²) in [6, 6.07) is 5.82. The molecular formula is C9H6IN3S. The Morgan fingerprint density at radius 2 is 2.14 bits per heavy atom. The van der Waals surface area contributed by atoms with Gasteiger partial charge in [-0.05, 0) is 46.5 Å². The minimum absolute atomic E-state index is 0.944. The molecule has 0 spiro atoms. The minimum atomic E-state index is 0.944. The van der Waals surface area contributed by atoms with E-state index >= 15 is 0 Å². The maximum absolute atomic E-state index is 4.21. The molecule has 0 unspecified atom stereocenters. The molecule has 2 aromatic rings. The molecule has 2 aromatic heterocycles. The molecule has 0 saturated heterocycles. The molecule has 0 amide bonds. The minimum Gasteiger partial charge on any atom is -0.250 e. The molecule has 0 aliphatic carbocycles. The third-order valence-electron chi connectivity index (χ3n) is 1.47. The van der Waals surface area contributed by atoms with Crippen LogP contribution >= 0.6 is 34.4 Å². The normalized spacial score (nSPS) is 10.1. The third-order valence-corrected chi connectivity index (χ3v) is 3.60. The summed E-state index contributed by atoms with van der Waals surface area (Å²) >= 11 is 3.76. The number of halogens is 1. The first-order chi connectivity index (χ1) is 6.86. The number of nitrogens with zero attached hydrogens (tertiary/aromatic N) is 3. The first kappa shape index (κ1) is 9.85. The van der Waals surface area contributed by atoms with Gasteiger partial charge >= 0.3 is 0 Å². The fraction of sp³-hybridized carbons (Fsp3) is 0. The molecule has 0 aromatic carbocycles. The highest BCUT2D eigenvalue weighted by atomic mass is 127. The predicted octanol–water partition coefficient (Wildman–Crippen LogP) is 2.63. The van der Waals surface area contributed by atoms with E-state index in [0.29, 0.717) is 0 Å². The molecule has 0 bridgehead atoms. The predicted molar refractivity (Wildman–Crippen MR) is 63.1 cm³/mol. The Bertz CT molecular complexity index is 421. The first-order valence-corrected chi connectivity index (χ1v) is 5.80. The molecule has 0 fully saturated rings. The van der Waals surface area contributed by atoms with Crippen LogP contribution in [-0.4, -0.2) is 15.0 Å². The van der Waals surface area contributed by atoms with E-state index in [1.165, 1.54) is 0 Å². The van der Waals surface area contributed by atoms with E-state index in [-0.39, 0.29) is 0 Å². The van der Waals surface area contributed by atoms with Gasteiger partial charge in [-0.2, -0.15) is 0 Å². The van der Waals surface area contributed by atoms with Gasteiger partial charge in [0, 0.05) is 12.4 Å². The van der Waals surface area contributed by atoms with Crippen molar-refractivity contribution in [3.63, 3.8) is 0 Å². The zero-order valence-corrected chi connectivity index (χ0v) is 10.1. The van der Waals surface area contributed by atoms with Crippen LogP contribution in [0.3, 0.4) is 0 Å².